The van der Waals surface area contributed by atoms with Crippen LogP contribution in [0.3, 0.4) is 0 Å². The highest BCUT2D eigenvalue weighted by atomic mass is 35.5. The average Bonchev–Trinajstić information content (AvgIpc) is 2.84. The second-order valence-corrected chi connectivity index (χ2v) is 10.5. The first-order valence-corrected chi connectivity index (χ1v) is 13.0. The van der Waals surface area contributed by atoms with Crippen molar-refractivity contribution in [3.63, 3.8) is 0 Å². The van der Waals surface area contributed by atoms with Crippen molar-refractivity contribution in [1.29, 1.82) is 0 Å². The van der Waals surface area contributed by atoms with E-state index in [1.54, 1.807) is 48.5 Å². The predicted molar refractivity (Wildman–Crippen MR) is 148 cm³/mol. The molecule has 0 heterocycles. The number of carboxylic acids is 1. The van der Waals surface area contributed by atoms with Gasteiger partial charge in [0.1, 0.15) is 0 Å². The van der Waals surface area contributed by atoms with E-state index >= 15 is 0 Å². The van der Waals surface area contributed by atoms with E-state index < -0.39 is 33.3 Å². The maximum Gasteiger partial charge on any atom is 0.338 e. The summed E-state index contributed by atoms with van der Waals surface area (Å²) >= 11 is 31.4. The van der Waals surface area contributed by atoms with Crippen LogP contribution in [0.5, 0.6) is 0 Å². The molecule has 0 bridgehead atoms. The molecule has 36 heavy (non-hydrogen) atoms. The van der Waals surface area contributed by atoms with E-state index in [-0.39, 0.29) is 21.0 Å². The first kappa shape index (κ1) is 28.4. The lowest BCUT2D eigenvalue weighted by molar-refractivity contribution is -0.115. The topological polar surface area (TPSA) is 95.5 Å². The molecule has 0 fully saturated rings. The Morgan fingerprint density at radius 2 is 1.44 bits per heavy atom. The van der Waals surface area contributed by atoms with Crippen molar-refractivity contribution in [3.8, 4) is 0 Å². The molecule has 0 aliphatic carbocycles. The van der Waals surface area contributed by atoms with Gasteiger partial charge in [-0.3, -0.25) is 9.59 Å². The summed E-state index contributed by atoms with van der Waals surface area (Å²) in [6.45, 7) is 1.88. The van der Waals surface area contributed by atoms with E-state index in [4.69, 9.17) is 58.0 Å². The predicted octanol–water partition coefficient (Wildman–Crippen LogP) is 8.41. The number of hydrogen-bond donors (Lipinski definition) is 3. The zero-order valence-corrected chi connectivity index (χ0v) is 23.0. The van der Waals surface area contributed by atoms with E-state index in [2.05, 4.69) is 10.6 Å². The van der Waals surface area contributed by atoms with Crippen molar-refractivity contribution >= 4 is 98.9 Å². The molecule has 0 aromatic heterocycles. The fourth-order valence-electron chi connectivity index (χ4n) is 3.13. The fourth-order valence-corrected chi connectivity index (χ4v) is 5.29. The maximum atomic E-state index is 13.0. The zero-order chi connectivity index (χ0) is 26.6. The second kappa shape index (κ2) is 12.4. The number of carboxylic acid groups (broad SMARTS) is 1. The Morgan fingerprint density at radius 3 is 2.03 bits per heavy atom. The van der Waals surface area contributed by atoms with Gasteiger partial charge >= 0.3 is 5.97 Å². The van der Waals surface area contributed by atoms with Gasteiger partial charge in [-0.15, -0.1) is 11.8 Å². The van der Waals surface area contributed by atoms with Crippen LogP contribution in [0.1, 0.15) is 34.1 Å². The molecule has 12 heteroatoms. The molecule has 2 amide bonds. The van der Waals surface area contributed by atoms with Crippen LogP contribution >= 0.6 is 69.8 Å². The normalized spacial score (nSPS) is 11.6. The number of carbonyl (C=O) groups is 3. The summed E-state index contributed by atoms with van der Waals surface area (Å²) in [6, 6.07) is 13.5. The Kier molecular flexibility index (Phi) is 9.80. The van der Waals surface area contributed by atoms with Crippen LogP contribution in [0.2, 0.25) is 25.1 Å². The van der Waals surface area contributed by atoms with Crippen LogP contribution in [-0.4, -0.2) is 28.1 Å². The first-order chi connectivity index (χ1) is 17.0. The lowest BCUT2D eigenvalue weighted by atomic mass is 10.1. The van der Waals surface area contributed by atoms with Crippen LogP contribution in [0, 0.1) is 0 Å². The molecular formula is C24H17Cl5N2O4S. The molecule has 1 unspecified atom stereocenters. The van der Waals surface area contributed by atoms with Crippen LogP contribution < -0.4 is 10.6 Å². The van der Waals surface area contributed by atoms with Gasteiger partial charge in [0.2, 0.25) is 5.91 Å². The summed E-state index contributed by atoms with van der Waals surface area (Å²) in [6.07, 6.45) is 0.542. The molecule has 0 saturated carbocycles. The molecule has 0 saturated heterocycles. The van der Waals surface area contributed by atoms with E-state index in [0.29, 0.717) is 27.7 Å². The minimum absolute atomic E-state index is 0.192. The van der Waals surface area contributed by atoms with E-state index in [1.807, 2.05) is 6.92 Å². The molecular weight excluding hydrogens is 590 g/mol. The number of carbonyl (C=O) groups excluding carboxylic acids is 2. The van der Waals surface area contributed by atoms with Crippen LogP contribution in [0.15, 0.2) is 53.4 Å². The smallest absolute Gasteiger partial charge is 0.338 e. The number of anilines is 2. The van der Waals surface area contributed by atoms with E-state index in [1.165, 1.54) is 11.8 Å². The summed E-state index contributed by atoms with van der Waals surface area (Å²) in [4.78, 5) is 38.2. The number of hydrogen-bond acceptors (Lipinski definition) is 4. The van der Waals surface area contributed by atoms with Crippen molar-refractivity contribution in [2.75, 3.05) is 10.6 Å². The Hall–Kier alpha value is -2.13. The molecule has 0 aliphatic rings. The first-order valence-electron chi connectivity index (χ1n) is 10.3. The Labute approximate surface area is 236 Å². The van der Waals surface area contributed by atoms with Gasteiger partial charge in [-0.25, -0.2) is 4.79 Å². The van der Waals surface area contributed by atoms with E-state index in [9.17, 15) is 19.5 Å². The van der Waals surface area contributed by atoms with Crippen molar-refractivity contribution < 1.29 is 19.5 Å². The summed E-state index contributed by atoms with van der Waals surface area (Å²) < 4.78 is 0. The number of rotatable bonds is 8. The zero-order valence-electron chi connectivity index (χ0n) is 18.4. The number of aromatic carboxylic acids is 1. The average molecular weight is 607 g/mol. The van der Waals surface area contributed by atoms with Crippen molar-refractivity contribution in [2.24, 2.45) is 0 Å². The number of amides is 2. The maximum absolute atomic E-state index is 13.0. The van der Waals surface area contributed by atoms with Crippen molar-refractivity contribution in [1.82, 2.24) is 0 Å². The van der Waals surface area contributed by atoms with Crippen LogP contribution in [0.25, 0.3) is 0 Å². The molecule has 0 radical (unpaired) electrons. The molecule has 6 nitrogen and oxygen atoms in total. The Bertz CT molecular complexity index is 1340. The molecule has 0 aliphatic heterocycles. The van der Waals surface area contributed by atoms with Gasteiger partial charge in [0.05, 0.1) is 36.5 Å². The lowest BCUT2D eigenvalue weighted by Crippen LogP contribution is -2.24. The molecule has 3 N–H and O–H groups in total. The largest absolute Gasteiger partial charge is 0.478 e. The third-order valence-electron chi connectivity index (χ3n) is 4.85. The fraction of sp³-hybridized carbons (Fsp3) is 0.125. The van der Waals surface area contributed by atoms with Gasteiger partial charge in [-0.2, -0.15) is 0 Å². The molecule has 3 aromatic carbocycles. The number of benzene rings is 3. The standard InChI is InChI=1S/C24H17Cl5N2O4S/c1-2-15(22(32)30-12-8-6-11(25)7-9-12)36-14-5-3-4-13(10-14)31-23(33)16-17(24(34)35)19(27)21(29)20(28)18(16)26/h3-10,15H,2H2,1H3,(H,30,32)(H,31,33)(H,34,35). The second-order valence-electron chi connectivity index (χ2n) is 7.30. The number of halogens is 5. The van der Waals surface area contributed by atoms with Gasteiger partial charge in [0, 0.05) is 21.3 Å². The molecule has 1 atom stereocenters. The highest BCUT2D eigenvalue weighted by Gasteiger charge is 2.29. The molecule has 3 rings (SSSR count). The monoisotopic (exact) mass is 604 g/mol. The van der Waals surface area contributed by atoms with Gasteiger partial charge < -0.3 is 15.7 Å². The Balaban J connectivity index is 1.81. The summed E-state index contributed by atoms with van der Waals surface area (Å²) in [5, 5.41) is 13.9. The third kappa shape index (κ3) is 6.59. The quantitative estimate of drug-likeness (QED) is 0.136. The lowest BCUT2D eigenvalue weighted by Gasteiger charge is -2.16. The Morgan fingerprint density at radius 1 is 0.833 bits per heavy atom. The molecule has 0 spiro atoms. The highest BCUT2D eigenvalue weighted by Crippen LogP contribution is 2.42. The van der Waals surface area contributed by atoms with Gasteiger partial charge in [0.15, 0.2) is 0 Å². The van der Waals surface area contributed by atoms with Gasteiger partial charge in [0.25, 0.3) is 5.91 Å². The molecule has 188 valence electrons. The number of nitrogens with one attached hydrogen (secondary N) is 2. The van der Waals surface area contributed by atoms with E-state index in [0.717, 1.165) is 0 Å². The minimum atomic E-state index is -1.49. The molecule has 3 aromatic rings. The van der Waals surface area contributed by atoms with Crippen molar-refractivity contribution in [3.05, 3.63) is 84.8 Å². The highest BCUT2D eigenvalue weighted by molar-refractivity contribution is 8.00. The van der Waals surface area contributed by atoms with Crippen LogP contribution in [0.4, 0.5) is 11.4 Å². The van der Waals surface area contributed by atoms with Crippen LogP contribution in [-0.2, 0) is 4.79 Å². The van der Waals surface area contributed by atoms with Gasteiger partial charge in [-0.05, 0) is 48.9 Å². The number of thioether (sulfide) groups is 1. The SMILES string of the molecule is CCC(Sc1cccc(NC(=O)c2c(Cl)c(Cl)c(Cl)c(Cl)c2C(=O)O)c1)C(=O)Nc1ccc(Cl)cc1. The van der Waals surface area contributed by atoms with Crippen molar-refractivity contribution in [2.45, 2.75) is 23.5 Å². The third-order valence-corrected chi connectivity index (χ3v) is 8.27. The summed E-state index contributed by atoms with van der Waals surface area (Å²) in [7, 11) is 0. The minimum Gasteiger partial charge on any atom is -0.478 e. The van der Waals surface area contributed by atoms with Gasteiger partial charge in [-0.1, -0.05) is 71.0 Å². The summed E-state index contributed by atoms with van der Waals surface area (Å²) in [5.41, 5.74) is -0.0251. The summed E-state index contributed by atoms with van der Waals surface area (Å²) in [5.74, 6) is -2.53.